The van der Waals surface area contributed by atoms with Crippen molar-refractivity contribution in [2.75, 3.05) is 0 Å². The van der Waals surface area contributed by atoms with Gasteiger partial charge in [-0.2, -0.15) is 0 Å². The summed E-state index contributed by atoms with van der Waals surface area (Å²) in [5.74, 6) is 3.50. The Morgan fingerprint density at radius 3 is 2.43 bits per heavy atom. The fraction of sp³-hybridized carbons (Fsp3) is 0. The van der Waals surface area contributed by atoms with Crippen molar-refractivity contribution in [1.29, 1.82) is 0 Å². The summed E-state index contributed by atoms with van der Waals surface area (Å²) < 4.78 is 0. The molecule has 0 unspecified atom stereocenters. The Morgan fingerprint density at radius 1 is 1.57 bits per heavy atom. The van der Waals surface area contributed by atoms with Crippen LogP contribution in [0.1, 0.15) is 0 Å². The normalized spacial score (nSPS) is 6.57. The molecule has 0 saturated carbocycles. The van der Waals surface area contributed by atoms with Crippen molar-refractivity contribution in [3.05, 3.63) is 17.1 Å². The minimum atomic E-state index is 1.60. The summed E-state index contributed by atoms with van der Waals surface area (Å²) in [6, 6.07) is 0. The second-order valence-corrected chi connectivity index (χ2v) is 1.43. The lowest BCUT2D eigenvalue weighted by atomic mass is 11.0. The van der Waals surface area contributed by atoms with E-state index in [1.165, 1.54) is 0 Å². The summed E-state index contributed by atoms with van der Waals surface area (Å²) >= 11 is 1.60. The molecule has 0 aliphatic heterocycles. The molecule has 7 heavy (non-hydrogen) atoms. The third kappa shape index (κ3) is 3.38. The Balaban J connectivity index is 0.000000162. The number of thiazole rings is 1. The molecule has 40 valence electrons. The van der Waals surface area contributed by atoms with Crippen LogP contribution in [0.2, 0.25) is 0 Å². The summed E-state index contributed by atoms with van der Waals surface area (Å²) in [5.41, 5.74) is 1.79. The Kier molecular flexibility index (Phi) is 5.19. The molecule has 0 aliphatic rings. The molecule has 0 bridgehead atoms. The predicted molar refractivity (Wildman–Crippen MR) is 28.1 cm³/mol. The van der Waals surface area contributed by atoms with E-state index in [2.05, 4.69) is 10.9 Å². The molecule has 0 radical (unpaired) electrons. The summed E-state index contributed by atoms with van der Waals surface area (Å²) in [5, 5.41) is 8.43. The van der Waals surface area contributed by atoms with E-state index in [1.54, 1.807) is 23.0 Å². The Morgan fingerprint density at radius 2 is 2.29 bits per heavy atom. The molecule has 1 heterocycles. The zero-order chi connectivity index (χ0) is 5.54. The van der Waals surface area contributed by atoms with Gasteiger partial charge in [-0.1, -0.05) is 0 Å². The van der Waals surface area contributed by atoms with Gasteiger partial charge < -0.3 is 5.21 Å². The number of nitrogens with zero attached hydrogens (tertiary/aromatic N) is 1. The van der Waals surface area contributed by atoms with Crippen molar-refractivity contribution in [3.63, 3.8) is 0 Å². The van der Waals surface area contributed by atoms with E-state index in [0.29, 0.717) is 0 Å². The van der Waals surface area contributed by atoms with Gasteiger partial charge in [-0.05, 0) is 0 Å². The van der Waals surface area contributed by atoms with Crippen molar-refractivity contribution in [2.24, 2.45) is 5.90 Å². The van der Waals surface area contributed by atoms with Gasteiger partial charge in [0.15, 0.2) is 0 Å². The molecule has 3 nitrogen and oxygen atoms in total. The van der Waals surface area contributed by atoms with Gasteiger partial charge in [-0.3, -0.25) is 4.98 Å². The molecule has 0 aliphatic carbocycles. The minimum Gasteiger partial charge on any atom is -0.320 e. The van der Waals surface area contributed by atoms with Crippen LogP contribution in [-0.2, 0) is 0 Å². The average molecular weight is 118 g/mol. The fourth-order valence-electron chi connectivity index (χ4n) is 0.176. The lowest BCUT2D eigenvalue weighted by Crippen LogP contribution is -1.72. The van der Waals surface area contributed by atoms with Gasteiger partial charge in [-0.15, -0.1) is 11.3 Å². The van der Waals surface area contributed by atoms with E-state index >= 15 is 0 Å². The van der Waals surface area contributed by atoms with E-state index in [4.69, 9.17) is 5.21 Å². The van der Waals surface area contributed by atoms with Gasteiger partial charge >= 0.3 is 0 Å². The molecule has 4 heteroatoms. The Bertz CT molecular complexity index is 69.4. The van der Waals surface area contributed by atoms with E-state index in [0.717, 1.165) is 0 Å². The molecule has 1 rings (SSSR count). The molecule has 0 atom stereocenters. The first kappa shape index (κ1) is 6.55. The first-order valence-electron chi connectivity index (χ1n) is 1.58. The molecule has 0 fully saturated rings. The fourth-order valence-corrected chi connectivity index (χ4v) is 0.527. The summed E-state index contributed by atoms with van der Waals surface area (Å²) in [6.07, 6.45) is 1.77. The van der Waals surface area contributed by atoms with Crippen molar-refractivity contribution in [1.82, 2.24) is 4.98 Å². The standard InChI is InChI=1S/C3H3NS.H3NO/c1-2-5-3-4-1;1-2/h1-3H;2H,1H2. The lowest BCUT2D eigenvalue weighted by Gasteiger charge is -1.41. The largest absolute Gasteiger partial charge is 0.320 e. The highest BCUT2D eigenvalue weighted by molar-refractivity contribution is 7.07. The molecule has 3 N–H and O–H groups in total. The van der Waals surface area contributed by atoms with Gasteiger partial charge in [0.25, 0.3) is 0 Å². The Hall–Kier alpha value is -0.450. The number of hydrogen-bond acceptors (Lipinski definition) is 4. The highest BCUT2D eigenvalue weighted by Crippen LogP contribution is 1.85. The number of aromatic nitrogens is 1. The SMILES string of the molecule is NO.c1cscn1. The van der Waals surface area contributed by atoms with Crippen LogP contribution in [-0.4, -0.2) is 10.2 Å². The van der Waals surface area contributed by atoms with Gasteiger partial charge in [0.2, 0.25) is 0 Å². The maximum absolute atomic E-state index is 6.50. The predicted octanol–water partition coefficient (Wildman–Crippen LogP) is 0.477. The number of nitrogens with two attached hydrogens (primary N) is 1. The smallest absolute Gasteiger partial charge is 0.0791 e. The van der Waals surface area contributed by atoms with Gasteiger partial charge in [-0.25, -0.2) is 5.90 Å². The maximum atomic E-state index is 6.50. The van der Waals surface area contributed by atoms with Crippen molar-refractivity contribution < 1.29 is 5.21 Å². The molecular formula is C3H6N2OS. The highest BCUT2D eigenvalue weighted by atomic mass is 32.1. The third-order valence-corrected chi connectivity index (χ3v) is 0.869. The molecular weight excluding hydrogens is 112 g/mol. The van der Waals surface area contributed by atoms with Gasteiger partial charge in [0.05, 0.1) is 5.51 Å². The zero-order valence-electron chi connectivity index (χ0n) is 3.61. The van der Waals surface area contributed by atoms with Crippen LogP contribution in [0.4, 0.5) is 0 Å². The Labute approximate surface area is 45.4 Å². The molecule has 0 amide bonds. The van der Waals surface area contributed by atoms with Gasteiger partial charge in [0, 0.05) is 11.6 Å². The van der Waals surface area contributed by atoms with E-state index in [-0.39, 0.29) is 0 Å². The second kappa shape index (κ2) is 5.55. The van der Waals surface area contributed by atoms with E-state index < -0.39 is 0 Å². The first-order chi connectivity index (χ1) is 3.50. The van der Waals surface area contributed by atoms with Crippen molar-refractivity contribution >= 4 is 11.3 Å². The molecule has 1 aromatic heterocycles. The first-order valence-corrected chi connectivity index (χ1v) is 2.52. The van der Waals surface area contributed by atoms with E-state index in [9.17, 15) is 0 Å². The van der Waals surface area contributed by atoms with Crippen LogP contribution in [0.25, 0.3) is 0 Å². The minimum absolute atomic E-state index is 1.60. The van der Waals surface area contributed by atoms with Crippen LogP contribution in [0.5, 0.6) is 0 Å². The third-order valence-electron chi connectivity index (χ3n) is 0.347. The summed E-state index contributed by atoms with van der Waals surface area (Å²) in [6.45, 7) is 0. The molecule has 0 spiro atoms. The van der Waals surface area contributed by atoms with Crippen LogP contribution in [0, 0.1) is 0 Å². The van der Waals surface area contributed by atoms with Gasteiger partial charge in [0.1, 0.15) is 0 Å². The average Bonchev–Trinajstić information content (AvgIpc) is 2.23. The summed E-state index contributed by atoms with van der Waals surface area (Å²) in [7, 11) is 0. The highest BCUT2D eigenvalue weighted by Gasteiger charge is 1.59. The zero-order valence-corrected chi connectivity index (χ0v) is 4.43. The van der Waals surface area contributed by atoms with Crippen LogP contribution >= 0.6 is 11.3 Å². The van der Waals surface area contributed by atoms with E-state index in [1.807, 2.05) is 5.38 Å². The van der Waals surface area contributed by atoms with Crippen molar-refractivity contribution in [2.45, 2.75) is 0 Å². The topological polar surface area (TPSA) is 59.1 Å². The molecule has 0 aromatic carbocycles. The monoisotopic (exact) mass is 118 g/mol. The summed E-state index contributed by atoms with van der Waals surface area (Å²) in [4.78, 5) is 3.74. The molecule has 0 saturated heterocycles. The number of hydrogen-bond donors (Lipinski definition) is 2. The quantitative estimate of drug-likeness (QED) is 0.487. The lowest BCUT2D eigenvalue weighted by molar-refractivity contribution is 0.311. The second-order valence-electron chi connectivity index (χ2n) is 0.676. The van der Waals surface area contributed by atoms with Crippen LogP contribution < -0.4 is 5.90 Å². The maximum Gasteiger partial charge on any atom is 0.0791 e. The molecule has 1 aromatic rings. The number of rotatable bonds is 0. The van der Waals surface area contributed by atoms with Crippen molar-refractivity contribution in [3.8, 4) is 0 Å². The van der Waals surface area contributed by atoms with Crippen LogP contribution in [0.3, 0.4) is 0 Å². The van der Waals surface area contributed by atoms with Crippen LogP contribution in [0.15, 0.2) is 17.1 Å².